The molecular weight excluding hydrogens is 276 g/mol. The Bertz CT molecular complexity index is 558. The molecule has 1 fully saturated rings. The largest absolute Gasteiger partial charge is 0.334 e. The van der Waals surface area contributed by atoms with Crippen LogP contribution in [-0.4, -0.2) is 21.8 Å². The molecule has 2 aromatic rings. The maximum Gasteiger partial charge on any atom is 0.229 e. The smallest absolute Gasteiger partial charge is 0.229 e. The van der Waals surface area contributed by atoms with Crippen molar-refractivity contribution in [3.8, 4) is 0 Å². The minimum atomic E-state index is 0.209. The number of rotatable bonds is 5. The molecule has 0 aromatic carbocycles. The minimum Gasteiger partial charge on any atom is -0.334 e. The number of hydrogen-bond acceptors (Lipinski definition) is 4. The summed E-state index contributed by atoms with van der Waals surface area (Å²) in [4.78, 5) is 20.1. The van der Waals surface area contributed by atoms with Gasteiger partial charge in [0.05, 0.1) is 23.7 Å². The summed E-state index contributed by atoms with van der Waals surface area (Å²) in [7, 11) is 0. The molecule has 0 atom stereocenters. The Labute approximate surface area is 120 Å². The highest BCUT2D eigenvalue weighted by molar-refractivity contribution is 7.10. The third-order valence-electron chi connectivity index (χ3n) is 3.21. The van der Waals surface area contributed by atoms with Crippen LogP contribution in [-0.2, 0) is 17.8 Å². The summed E-state index contributed by atoms with van der Waals surface area (Å²) in [5, 5.41) is 5.08. The molecule has 0 N–H and O–H groups in total. The summed E-state index contributed by atoms with van der Waals surface area (Å²) in [5.74, 6) is 0.209. The van der Waals surface area contributed by atoms with Crippen molar-refractivity contribution in [3.63, 3.8) is 0 Å². The van der Waals surface area contributed by atoms with Crippen molar-refractivity contribution in [2.24, 2.45) is 0 Å². The molecule has 5 heteroatoms. The van der Waals surface area contributed by atoms with Gasteiger partial charge in [-0.05, 0) is 31.2 Å². The second kappa shape index (κ2) is 5.43. The van der Waals surface area contributed by atoms with E-state index in [2.05, 4.69) is 16.4 Å². The molecule has 3 nitrogen and oxygen atoms in total. The highest BCUT2D eigenvalue weighted by Gasteiger charge is 2.32. The molecule has 0 saturated heterocycles. The van der Waals surface area contributed by atoms with Crippen LogP contribution in [0, 0.1) is 6.92 Å². The summed E-state index contributed by atoms with van der Waals surface area (Å²) in [6.45, 7) is 2.73. The summed E-state index contributed by atoms with van der Waals surface area (Å²) in [6, 6.07) is 4.59. The molecule has 0 aliphatic heterocycles. The molecule has 0 bridgehead atoms. The van der Waals surface area contributed by atoms with Crippen molar-refractivity contribution in [1.82, 2.24) is 9.88 Å². The Morgan fingerprint density at radius 1 is 1.47 bits per heavy atom. The van der Waals surface area contributed by atoms with Crippen molar-refractivity contribution < 1.29 is 4.79 Å². The number of hydrogen-bond donors (Lipinski definition) is 0. The van der Waals surface area contributed by atoms with Crippen LogP contribution in [0.2, 0.25) is 0 Å². The van der Waals surface area contributed by atoms with Crippen molar-refractivity contribution in [2.75, 3.05) is 0 Å². The molecule has 1 amide bonds. The van der Waals surface area contributed by atoms with Crippen LogP contribution in [0.15, 0.2) is 22.9 Å². The highest BCUT2D eigenvalue weighted by atomic mass is 32.1. The molecule has 0 unspecified atom stereocenters. The zero-order valence-corrected chi connectivity index (χ0v) is 12.5. The molecule has 100 valence electrons. The Kier molecular flexibility index (Phi) is 3.66. The standard InChI is InChI=1S/C14H16N2OS2/c1-10-15-11(9-19-10)7-14(17)16(12-4-5-12)8-13-3-2-6-18-13/h2-3,6,9,12H,4-5,7-8H2,1H3. The van der Waals surface area contributed by atoms with E-state index in [-0.39, 0.29) is 5.91 Å². The second-order valence-electron chi connectivity index (χ2n) is 4.87. The third-order valence-corrected chi connectivity index (χ3v) is 4.90. The normalized spacial score (nSPS) is 14.6. The first-order valence-electron chi connectivity index (χ1n) is 6.45. The van der Waals surface area contributed by atoms with Crippen LogP contribution in [0.5, 0.6) is 0 Å². The lowest BCUT2D eigenvalue weighted by Crippen LogP contribution is -2.33. The number of carbonyl (C=O) groups excluding carboxylic acids is 1. The summed E-state index contributed by atoms with van der Waals surface area (Å²) in [6.07, 6.45) is 2.73. The van der Waals surface area contributed by atoms with Gasteiger partial charge in [-0.15, -0.1) is 22.7 Å². The van der Waals surface area contributed by atoms with Gasteiger partial charge in [0, 0.05) is 16.3 Å². The maximum atomic E-state index is 12.4. The number of aryl methyl sites for hydroxylation is 1. The van der Waals surface area contributed by atoms with E-state index in [9.17, 15) is 4.79 Å². The van der Waals surface area contributed by atoms with Crippen LogP contribution in [0.4, 0.5) is 0 Å². The molecule has 0 spiro atoms. The SMILES string of the molecule is Cc1nc(CC(=O)N(Cc2cccs2)C2CC2)cs1. The summed E-state index contributed by atoms with van der Waals surface area (Å²) in [5.41, 5.74) is 0.907. The minimum absolute atomic E-state index is 0.209. The lowest BCUT2D eigenvalue weighted by molar-refractivity contribution is -0.131. The van der Waals surface area contributed by atoms with E-state index in [1.165, 1.54) is 4.88 Å². The van der Waals surface area contributed by atoms with E-state index in [1.807, 2.05) is 23.3 Å². The van der Waals surface area contributed by atoms with E-state index in [0.29, 0.717) is 12.5 Å². The number of thiophene rings is 1. The first-order valence-corrected chi connectivity index (χ1v) is 8.21. The predicted molar refractivity (Wildman–Crippen MR) is 78.4 cm³/mol. The average Bonchev–Trinajstić information content (AvgIpc) is 2.93. The van der Waals surface area contributed by atoms with Gasteiger partial charge >= 0.3 is 0 Å². The highest BCUT2D eigenvalue weighted by Crippen LogP contribution is 2.29. The quantitative estimate of drug-likeness (QED) is 0.847. The fourth-order valence-electron chi connectivity index (χ4n) is 2.12. The topological polar surface area (TPSA) is 33.2 Å². The number of thiazole rings is 1. The van der Waals surface area contributed by atoms with Gasteiger partial charge in [-0.2, -0.15) is 0 Å². The fraction of sp³-hybridized carbons (Fsp3) is 0.429. The average molecular weight is 292 g/mol. The molecule has 0 radical (unpaired) electrons. The molecule has 1 saturated carbocycles. The fourth-order valence-corrected chi connectivity index (χ4v) is 3.44. The van der Waals surface area contributed by atoms with Gasteiger partial charge in [-0.25, -0.2) is 4.98 Å². The zero-order valence-electron chi connectivity index (χ0n) is 10.8. The first kappa shape index (κ1) is 12.8. The van der Waals surface area contributed by atoms with Crippen LogP contribution in [0.3, 0.4) is 0 Å². The van der Waals surface area contributed by atoms with Crippen LogP contribution in [0.25, 0.3) is 0 Å². The van der Waals surface area contributed by atoms with Crippen molar-refractivity contribution in [1.29, 1.82) is 0 Å². The van der Waals surface area contributed by atoms with Gasteiger partial charge in [-0.3, -0.25) is 4.79 Å². The number of nitrogens with zero attached hydrogens (tertiary/aromatic N) is 2. The molecule has 2 heterocycles. The third kappa shape index (κ3) is 3.22. The Morgan fingerprint density at radius 2 is 2.32 bits per heavy atom. The van der Waals surface area contributed by atoms with E-state index < -0.39 is 0 Å². The van der Waals surface area contributed by atoms with E-state index in [0.717, 1.165) is 30.1 Å². The summed E-state index contributed by atoms with van der Waals surface area (Å²) < 4.78 is 0. The van der Waals surface area contributed by atoms with Gasteiger partial charge in [-0.1, -0.05) is 6.07 Å². The number of aromatic nitrogens is 1. The van der Waals surface area contributed by atoms with Gasteiger partial charge in [0.25, 0.3) is 0 Å². The second-order valence-corrected chi connectivity index (χ2v) is 6.96. The number of amides is 1. The van der Waals surface area contributed by atoms with Crippen molar-refractivity contribution >= 4 is 28.6 Å². The molecular formula is C14H16N2OS2. The van der Waals surface area contributed by atoms with Gasteiger partial charge in [0.1, 0.15) is 0 Å². The Morgan fingerprint density at radius 3 is 2.89 bits per heavy atom. The van der Waals surface area contributed by atoms with E-state index in [4.69, 9.17) is 0 Å². The Balaban J connectivity index is 1.67. The van der Waals surface area contributed by atoms with Gasteiger partial charge < -0.3 is 4.90 Å². The number of carbonyl (C=O) groups is 1. The van der Waals surface area contributed by atoms with E-state index >= 15 is 0 Å². The summed E-state index contributed by atoms with van der Waals surface area (Å²) >= 11 is 3.32. The van der Waals surface area contributed by atoms with Crippen LogP contribution < -0.4 is 0 Å². The molecule has 2 aromatic heterocycles. The lowest BCUT2D eigenvalue weighted by atomic mass is 10.2. The monoisotopic (exact) mass is 292 g/mol. The van der Waals surface area contributed by atoms with Gasteiger partial charge in [0.2, 0.25) is 5.91 Å². The molecule has 1 aliphatic rings. The van der Waals surface area contributed by atoms with Gasteiger partial charge in [0.15, 0.2) is 0 Å². The predicted octanol–water partition coefficient (Wildman–Crippen LogP) is 3.25. The zero-order chi connectivity index (χ0) is 13.2. The van der Waals surface area contributed by atoms with E-state index in [1.54, 1.807) is 22.7 Å². The first-order chi connectivity index (χ1) is 9.22. The van der Waals surface area contributed by atoms with Crippen molar-refractivity contribution in [2.45, 2.75) is 38.8 Å². The molecule has 19 heavy (non-hydrogen) atoms. The maximum absolute atomic E-state index is 12.4. The molecule has 1 aliphatic carbocycles. The molecule has 3 rings (SSSR count). The lowest BCUT2D eigenvalue weighted by Gasteiger charge is -2.21. The van der Waals surface area contributed by atoms with Crippen molar-refractivity contribution in [3.05, 3.63) is 38.5 Å². The van der Waals surface area contributed by atoms with Crippen LogP contribution in [0.1, 0.15) is 28.4 Å². The Hall–Kier alpha value is -1.20. The van der Waals surface area contributed by atoms with Crippen LogP contribution >= 0.6 is 22.7 Å².